The van der Waals surface area contributed by atoms with Crippen LogP contribution >= 0.6 is 0 Å². The number of ether oxygens (including phenoxy) is 1. The van der Waals surface area contributed by atoms with E-state index in [4.69, 9.17) is 4.55 Å². The quantitative estimate of drug-likeness (QED) is 0.513. The van der Waals surface area contributed by atoms with Gasteiger partial charge < -0.3 is 4.74 Å². The predicted octanol–water partition coefficient (Wildman–Crippen LogP) is 0.216. The van der Waals surface area contributed by atoms with E-state index >= 15 is 0 Å². The molecule has 0 aliphatic carbocycles. The lowest BCUT2D eigenvalue weighted by atomic mass is 10.4. The Bertz CT molecular complexity index is 243. The molecule has 0 radical (unpaired) electrons. The van der Waals surface area contributed by atoms with Crippen LogP contribution in [0.4, 0.5) is 0 Å². The van der Waals surface area contributed by atoms with E-state index in [1.807, 2.05) is 0 Å². The molecule has 0 fully saturated rings. The highest BCUT2D eigenvalue weighted by molar-refractivity contribution is 7.85. The average molecular weight is 196 g/mol. The lowest BCUT2D eigenvalue weighted by Crippen LogP contribution is -2.23. The second kappa shape index (κ2) is 4.42. The van der Waals surface area contributed by atoms with Crippen molar-refractivity contribution in [3.8, 4) is 0 Å². The van der Waals surface area contributed by atoms with Gasteiger partial charge in [0.15, 0.2) is 0 Å². The Labute approximate surface area is 71.5 Å². The van der Waals surface area contributed by atoms with Crippen molar-refractivity contribution in [2.75, 3.05) is 5.75 Å². The van der Waals surface area contributed by atoms with Gasteiger partial charge in [-0.25, -0.2) is 0 Å². The van der Waals surface area contributed by atoms with E-state index in [9.17, 15) is 13.2 Å². The SMILES string of the molecule is CCC(=O)OC(C)CS(=O)(=O)O. The van der Waals surface area contributed by atoms with Gasteiger partial charge in [-0.05, 0) is 6.92 Å². The predicted molar refractivity (Wildman–Crippen MR) is 42.3 cm³/mol. The molecule has 0 aromatic carbocycles. The fraction of sp³-hybridized carbons (Fsp3) is 0.833. The molecule has 0 aromatic heterocycles. The highest BCUT2D eigenvalue weighted by atomic mass is 32.2. The fourth-order valence-corrected chi connectivity index (χ4v) is 1.30. The van der Waals surface area contributed by atoms with Crippen LogP contribution in [0.3, 0.4) is 0 Å². The Morgan fingerprint density at radius 2 is 2.08 bits per heavy atom. The van der Waals surface area contributed by atoms with E-state index < -0.39 is 27.9 Å². The van der Waals surface area contributed by atoms with Crippen LogP contribution in [-0.2, 0) is 19.6 Å². The third kappa shape index (κ3) is 6.11. The Morgan fingerprint density at radius 1 is 1.58 bits per heavy atom. The molecule has 0 spiro atoms. The van der Waals surface area contributed by atoms with Gasteiger partial charge in [-0.1, -0.05) is 6.92 Å². The molecule has 0 heterocycles. The second-order valence-electron chi connectivity index (χ2n) is 2.40. The average Bonchev–Trinajstić information content (AvgIpc) is 1.82. The zero-order chi connectivity index (χ0) is 9.78. The maximum absolute atomic E-state index is 10.6. The van der Waals surface area contributed by atoms with Crippen LogP contribution in [-0.4, -0.2) is 30.8 Å². The van der Waals surface area contributed by atoms with Gasteiger partial charge in [-0.2, -0.15) is 8.42 Å². The Kier molecular flexibility index (Phi) is 4.19. The third-order valence-corrected chi connectivity index (χ3v) is 1.96. The summed E-state index contributed by atoms with van der Waals surface area (Å²) in [5.74, 6) is -1.04. The topological polar surface area (TPSA) is 80.7 Å². The molecule has 0 amide bonds. The van der Waals surface area contributed by atoms with Crippen LogP contribution in [0.1, 0.15) is 20.3 Å². The minimum atomic E-state index is -4.05. The van der Waals surface area contributed by atoms with Gasteiger partial charge in [0, 0.05) is 6.42 Å². The largest absolute Gasteiger partial charge is 0.461 e. The molecule has 0 rings (SSSR count). The van der Waals surface area contributed by atoms with E-state index in [0.29, 0.717) is 0 Å². The highest BCUT2D eigenvalue weighted by Crippen LogP contribution is 1.97. The standard InChI is InChI=1S/C6H12O5S/c1-3-6(7)11-5(2)4-12(8,9)10/h5H,3-4H2,1-2H3,(H,8,9,10). The normalized spacial score (nSPS) is 13.9. The van der Waals surface area contributed by atoms with Crippen molar-refractivity contribution in [3.05, 3.63) is 0 Å². The summed E-state index contributed by atoms with van der Waals surface area (Å²) in [5.41, 5.74) is 0. The minimum Gasteiger partial charge on any atom is -0.461 e. The van der Waals surface area contributed by atoms with E-state index in [0.717, 1.165) is 0 Å². The highest BCUT2D eigenvalue weighted by Gasteiger charge is 2.15. The molecule has 0 bridgehead atoms. The zero-order valence-electron chi connectivity index (χ0n) is 6.98. The van der Waals surface area contributed by atoms with Gasteiger partial charge in [0.1, 0.15) is 11.9 Å². The van der Waals surface area contributed by atoms with Crippen molar-refractivity contribution >= 4 is 16.1 Å². The van der Waals surface area contributed by atoms with Crippen LogP contribution in [0.5, 0.6) is 0 Å². The molecule has 0 aromatic rings. The van der Waals surface area contributed by atoms with Crippen molar-refractivity contribution in [2.24, 2.45) is 0 Å². The van der Waals surface area contributed by atoms with Crippen LogP contribution in [0.2, 0.25) is 0 Å². The fourth-order valence-electron chi connectivity index (χ4n) is 0.638. The summed E-state index contributed by atoms with van der Waals surface area (Å²) in [7, 11) is -4.05. The molecule has 0 saturated heterocycles. The molecule has 0 aliphatic rings. The van der Waals surface area contributed by atoms with Gasteiger partial charge in [0.05, 0.1) is 0 Å². The summed E-state index contributed by atoms with van der Waals surface area (Å²) >= 11 is 0. The lowest BCUT2D eigenvalue weighted by molar-refractivity contribution is -0.146. The number of hydrogen-bond donors (Lipinski definition) is 1. The van der Waals surface area contributed by atoms with Crippen molar-refractivity contribution in [2.45, 2.75) is 26.4 Å². The molecule has 1 atom stereocenters. The lowest BCUT2D eigenvalue weighted by Gasteiger charge is -2.09. The summed E-state index contributed by atoms with van der Waals surface area (Å²) in [6, 6.07) is 0. The summed E-state index contributed by atoms with van der Waals surface area (Å²) < 4.78 is 33.5. The molecule has 12 heavy (non-hydrogen) atoms. The minimum absolute atomic E-state index is 0.190. The molecule has 5 nitrogen and oxygen atoms in total. The van der Waals surface area contributed by atoms with Crippen molar-refractivity contribution in [1.82, 2.24) is 0 Å². The van der Waals surface area contributed by atoms with Crippen molar-refractivity contribution in [3.63, 3.8) is 0 Å². The summed E-state index contributed by atoms with van der Waals surface area (Å²) in [6.07, 6.45) is -0.608. The number of carbonyl (C=O) groups excluding carboxylic acids is 1. The molecule has 0 aliphatic heterocycles. The summed E-state index contributed by atoms with van der Waals surface area (Å²) in [5, 5.41) is 0. The van der Waals surface area contributed by atoms with Gasteiger partial charge in [0.2, 0.25) is 0 Å². The number of hydrogen-bond acceptors (Lipinski definition) is 4. The van der Waals surface area contributed by atoms with Crippen molar-refractivity contribution < 1.29 is 22.5 Å². The van der Waals surface area contributed by atoms with E-state index in [2.05, 4.69) is 4.74 Å². The van der Waals surface area contributed by atoms with E-state index in [1.54, 1.807) is 6.92 Å². The first kappa shape index (κ1) is 11.4. The molecular formula is C6H12O5S. The molecular weight excluding hydrogens is 184 g/mol. The monoisotopic (exact) mass is 196 g/mol. The Morgan fingerprint density at radius 3 is 2.42 bits per heavy atom. The summed E-state index contributed by atoms with van der Waals surface area (Å²) in [4.78, 5) is 10.6. The van der Waals surface area contributed by atoms with Gasteiger partial charge in [0.25, 0.3) is 10.1 Å². The van der Waals surface area contributed by atoms with Crippen LogP contribution in [0.15, 0.2) is 0 Å². The summed E-state index contributed by atoms with van der Waals surface area (Å²) in [6.45, 7) is 3.00. The number of esters is 1. The zero-order valence-corrected chi connectivity index (χ0v) is 7.80. The first-order chi connectivity index (χ1) is 5.35. The van der Waals surface area contributed by atoms with Gasteiger partial charge in [-0.3, -0.25) is 9.35 Å². The van der Waals surface area contributed by atoms with Gasteiger partial charge >= 0.3 is 5.97 Å². The molecule has 6 heteroatoms. The third-order valence-electron chi connectivity index (χ3n) is 1.07. The molecule has 1 N–H and O–H groups in total. The van der Waals surface area contributed by atoms with Crippen LogP contribution < -0.4 is 0 Å². The van der Waals surface area contributed by atoms with E-state index in [1.165, 1.54) is 6.92 Å². The van der Waals surface area contributed by atoms with Crippen LogP contribution in [0.25, 0.3) is 0 Å². The first-order valence-corrected chi connectivity index (χ1v) is 5.10. The second-order valence-corrected chi connectivity index (χ2v) is 3.90. The maximum Gasteiger partial charge on any atom is 0.305 e. The van der Waals surface area contributed by atoms with Crippen LogP contribution in [0, 0.1) is 0 Å². The smallest absolute Gasteiger partial charge is 0.305 e. The molecule has 72 valence electrons. The Balaban J connectivity index is 3.91. The van der Waals surface area contributed by atoms with Gasteiger partial charge in [-0.15, -0.1) is 0 Å². The van der Waals surface area contributed by atoms with E-state index in [-0.39, 0.29) is 6.42 Å². The maximum atomic E-state index is 10.6. The molecule has 0 saturated carbocycles. The molecule has 1 unspecified atom stereocenters. The first-order valence-electron chi connectivity index (χ1n) is 3.49. The van der Waals surface area contributed by atoms with Crippen molar-refractivity contribution in [1.29, 1.82) is 0 Å². The number of carbonyl (C=O) groups is 1. The number of rotatable bonds is 4. The Hall–Kier alpha value is -0.620.